The predicted molar refractivity (Wildman–Crippen MR) is 72.5 cm³/mol. The first-order valence-electron chi connectivity index (χ1n) is 5.56. The van der Waals surface area contributed by atoms with E-state index in [0.717, 1.165) is 12.1 Å². The van der Waals surface area contributed by atoms with Crippen molar-refractivity contribution in [2.24, 2.45) is 5.73 Å². The highest BCUT2D eigenvalue weighted by Crippen LogP contribution is 2.20. The van der Waals surface area contributed by atoms with Gasteiger partial charge < -0.3 is 20.5 Å². The summed E-state index contributed by atoms with van der Waals surface area (Å²) in [4.78, 5) is 22.7. The van der Waals surface area contributed by atoms with Crippen molar-refractivity contribution >= 4 is 24.3 Å². The number of rotatable bonds is 6. The van der Waals surface area contributed by atoms with Crippen molar-refractivity contribution in [3.8, 4) is 5.75 Å². The topological polar surface area (TPSA) is 90.6 Å². The third-order valence-corrected chi connectivity index (χ3v) is 2.17. The maximum Gasteiger partial charge on any atom is 0.341 e. The van der Waals surface area contributed by atoms with Gasteiger partial charge in [0.25, 0.3) is 5.91 Å². The van der Waals surface area contributed by atoms with Crippen LogP contribution in [0.5, 0.6) is 5.75 Å². The second-order valence-corrected chi connectivity index (χ2v) is 3.56. The second-order valence-electron chi connectivity index (χ2n) is 3.56. The standard InChI is InChI=1S/C12H15FN2O4.ClH/c1-18-12(17)9-6-8(13)2-3-10(9)19-7-11(16)15-5-4-14;/h2-3,6H,4-5,7,14H2,1H3,(H,15,16);1H. The Labute approximate surface area is 121 Å². The van der Waals surface area contributed by atoms with Gasteiger partial charge in [0.1, 0.15) is 17.1 Å². The van der Waals surface area contributed by atoms with Crippen molar-refractivity contribution in [2.45, 2.75) is 0 Å². The van der Waals surface area contributed by atoms with Gasteiger partial charge in [0.15, 0.2) is 6.61 Å². The lowest BCUT2D eigenvalue weighted by Gasteiger charge is -2.10. The Morgan fingerprint density at radius 2 is 2.10 bits per heavy atom. The van der Waals surface area contributed by atoms with Crippen LogP contribution in [0.1, 0.15) is 10.4 Å². The van der Waals surface area contributed by atoms with Gasteiger partial charge in [-0.15, -0.1) is 12.4 Å². The highest BCUT2D eigenvalue weighted by molar-refractivity contribution is 5.92. The summed E-state index contributed by atoms with van der Waals surface area (Å²) in [6.45, 7) is 0.348. The normalized spacial score (nSPS) is 9.35. The zero-order chi connectivity index (χ0) is 14.3. The van der Waals surface area contributed by atoms with Gasteiger partial charge in [-0.25, -0.2) is 9.18 Å². The molecule has 0 aliphatic carbocycles. The van der Waals surface area contributed by atoms with Crippen LogP contribution in [-0.4, -0.2) is 38.7 Å². The molecule has 1 aromatic carbocycles. The van der Waals surface area contributed by atoms with Gasteiger partial charge in [-0.05, 0) is 18.2 Å². The lowest BCUT2D eigenvalue weighted by Crippen LogP contribution is -2.33. The second kappa shape index (κ2) is 9.11. The van der Waals surface area contributed by atoms with E-state index in [0.29, 0.717) is 13.1 Å². The van der Waals surface area contributed by atoms with Crippen LogP contribution >= 0.6 is 12.4 Å². The summed E-state index contributed by atoms with van der Waals surface area (Å²) in [5.41, 5.74) is 5.15. The minimum absolute atomic E-state index is 0. The summed E-state index contributed by atoms with van der Waals surface area (Å²) in [7, 11) is 1.17. The average Bonchev–Trinajstić information content (AvgIpc) is 2.42. The number of benzene rings is 1. The fourth-order valence-electron chi connectivity index (χ4n) is 1.30. The lowest BCUT2D eigenvalue weighted by molar-refractivity contribution is -0.123. The van der Waals surface area contributed by atoms with Gasteiger partial charge in [-0.3, -0.25) is 4.79 Å². The largest absolute Gasteiger partial charge is 0.483 e. The number of ether oxygens (including phenoxy) is 2. The average molecular weight is 307 g/mol. The highest BCUT2D eigenvalue weighted by Gasteiger charge is 2.15. The Kier molecular flexibility index (Phi) is 8.26. The zero-order valence-corrected chi connectivity index (χ0v) is 11.7. The van der Waals surface area contributed by atoms with E-state index < -0.39 is 11.8 Å². The van der Waals surface area contributed by atoms with Crippen molar-refractivity contribution in [3.63, 3.8) is 0 Å². The van der Waals surface area contributed by atoms with Crippen LogP contribution in [-0.2, 0) is 9.53 Å². The van der Waals surface area contributed by atoms with Gasteiger partial charge in [0, 0.05) is 13.1 Å². The molecule has 112 valence electrons. The summed E-state index contributed by atoms with van der Waals surface area (Å²) in [5.74, 6) is -1.64. The molecule has 1 amide bonds. The number of methoxy groups -OCH3 is 1. The number of hydrogen-bond donors (Lipinski definition) is 2. The van der Waals surface area contributed by atoms with Crippen LogP contribution in [0.25, 0.3) is 0 Å². The Bertz CT molecular complexity index is 471. The van der Waals surface area contributed by atoms with Crippen LogP contribution in [0.15, 0.2) is 18.2 Å². The quantitative estimate of drug-likeness (QED) is 0.746. The summed E-state index contributed by atoms with van der Waals surface area (Å²) in [6.07, 6.45) is 0. The van der Waals surface area contributed by atoms with Gasteiger partial charge in [-0.1, -0.05) is 0 Å². The molecule has 8 heteroatoms. The molecule has 0 spiro atoms. The third kappa shape index (κ3) is 5.41. The lowest BCUT2D eigenvalue weighted by atomic mass is 10.2. The minimum Gasteiger partial charge on any atom is -0.483 e. The molecule has 0 aliphatic heterocycles. The molecular formula is C12H16ClFN2O4. The number of carbonyl (C=O) groups excluding carboxylic acids is 2. The molecule has 3 N–H and O–H groups in total. The van der Waals surface area contributed by atoms with Gasteiger partial charge in [0.2, 0.25) is 0 Å². The van der Waals surface area contributed by atoms with E-state index in [9.17, 15) is 14.0 Å². The molecule has 20 heavy (non-hydrogen) atoms. The van der Waals surface area contributed by atoms with E-state index in [-0.39, 0.29) is 36.2 Å². The maximum absolute atomic E-state index is 13.1. The van der Waals surface area contributed by atoms with Crippen molar-refractivity contribution < 1.29 is 23.5 Å². The molecule has 0 aromatic heterocycles. The SMILES string of the molecule is COC(=O)c1cc(F)ccc1OCC(=O)NCCN.Cl. The molecule has 0 fully saturated rings. The Balaban J connectivity index is 0.00000361. The van der Waals surface area contributed by atoms with E-state index >= 15 is 0 Å². The summed E-state index contributed by atoms with van der Waals surface area (Å²) < 4.78 is 22.7. The van der Waals surface area contributed by atoms with Crippen molar-refractivity contribution in [2.75, 3.05) is 26.8 Å². The maximum atomic E-state index is 13.1. The van der Waals surface area contributed by atoms with Crippen molar-refractivity contribution in [3.05, 3.63) is 29.6 Å². The molecule has 0 radical (unpaired) electrons. The van der Waals surface area contributed by atoms with Gasteiger partial charge in [0.05, 0.1) is 7.11 Å². The molecule has 0 bridgehead atoms. The summed E-state index contributed by atoms with van der Waals surface area (Å²) >= 11 is 0. The van der Waals surface area contributed by atoms with Crippen LogP contribution < -0.4 is 15.8 Å². The van der Waals surface area contributed by atoms with E-state index in [2.05, 4.69) is 10.1 Å². The van der Waals surface area contributed by atoms with Gasteiger partial charge in [-0.2, -0.15) is 0 Å². The molecule has 0 saturated heterocycles. The number of nitrogens with two attached hydrogens (primary N) is 1. The van der Waals surface area contributed by atoms with Crippen LogP contribution in [0, 0.1) is 5.82 Å². The Morgan fingerprint density at radius 3 is 2.70 bits per heavy atom. The molecule has 0 heterocycles. The third-order valence-electron chi connectivity index (χ3n) is 2.17. The Hall–Kier alpha value is -1.86. The highest BCUT2D eigenvalue weighted by atomic mass is 35.5. The fraction of sp³-hybridized carbons (Fsp3) is 0.333. The molecule has 1 aromatic rings. The first-order valence-corrected chi connectivity index (χ1v) is 5.56. The van der Waals surface area contributed by atoms with Gasteiger partial charge >= 0.3 is 5.97 Å². The minimum atomic E-state index is -0.739. The van der Waals surface area contributed by atoms with E-state index in [4.69, 9.17) is 10.5 Å². The smallest absolute Gasteiger partial charge is 0.341 e. The fourth-order valence-corrected chi connectivity index (χ4v) is 1.30. The number of esters is 1. The number of nitrogens with one attached hydrogen (secondary N) is 1. The molecule has 0 atom stereocenters. The molecule has 0 aliphatic rings. The number of amides is 1. The summed E-state index contributed by atoms with van der Waals surface area (Å²) in [6, 6.07) is 3.37. The number of halogens is 2. The Morgan fingerprint density at radius 1 is 1.40 bits per heavy atom. The molecular weight excluding hydrogens is 291 g/mol. The summed E-state index contributed by atoms with van der Waals surface area (Å²) in [5, 5.41) is 2.50. The number of carbonyl (C=O) groups is 2. The van der Waals surface area contributed by atoms with E-state index in [1.807, 2.05) is 0 Å². The van der Waals surface area contributed by atoms with Crippen molar-refractivity contribution in [1.82, 2.24) is 5.32 Å². The molecule has 6 nitrogen and oxygen atoms in total. The predicted octanol–water partition coefficient (Wildman–Crippen LogP) is 0.488. The number of hydrogen-bond acceptors (Lipinski definition) is 5. The zero-order valence-electron chi connectivity index (χ0n) is 10.8. The molecule has 1 rings (SSSR count). The molecule has 0 unspecified atom stereocenters. The first-order chi connectivity index (χ1) is 9.08. The van der Waals surface area contributed by atoms with Crippen LogP contribution in [0.4, 0.5) is 4.39 Å². The van der Waals surface area contributed by atoms with E-state index in [1.165, 1.54) is 13.2 Å². The van der Waals surface area contributed by atoms with Crippen LogP contribution in [0.2, 0.25) is 0 Å². The monoisotopic (exact) mass is 306 g/mol. The van der Waals surface area contributed by atoms with Crippen molar-refractivity contribution in [1.29, 1.82) is 0 Å². The first kappa shape index (κ1) is 18.1. The van der Waals surface area contributed by atoms with E-state index in [1.54, 1.807) is 0 Å². The molecule has 0 saturated carbocycles. The van der Waals surface area contributed by atoms with Crippen LogP contribution in [0.3, 0.4) is 0 Å².